The van der Waals surface area contributed by atoms with Crippen molar-refractivity contribution in [3.05, 3.63) is 59.2 Å². The van der Waals surface area contributed by atoms with E-state index in [1.807, 2.05) is 0 Å². The van der Waals surface area contributed by atoms with Crippen molar-refractivity contribution < 1.29 is 26.3 Å². The fraction of sp³-hybridized carbons (Fsp3) is 0. The second kappa shape index (κ2) is 6.18. The van der Waals surface area contributed by atoms with E-state index in [1.54, 1.807) is 0 Å². The number of nitrogens with two attached hydrogens (primary N) is 2. The Morgan fingerprint density at radius 2 is 0.700 bits per heavy atom. The van der Waals surface area contributed by atoms with Crippen molar-refractivity contribution in [1.82, 2.24) is 0 Å². The van der Waals surface area contributed by atoms with Gasteiger partial charge in [0, 0.05) is 24.3 Å². The third-order valence-electron chi connectivity index (χ3n) is 2.09. The summed E-state index contributed by atoms with van der Waals surface area (Å²) in [7, 11) is 0. The molecule has 0 spiro atoms. The molecule has 0 fully saturated rings. The zero-order valence-electron chi connectivity index (χ0n) is 9.73. The predicted molar refractivity (Wildman–Crippen MR) is 61.5 cm³/mol. The molecule has 0 saturated heterocycles. The fourth-order valence-corrected chi connectivity index (χ4v) is 1.11. The van der Waals surface area contributed by atoms with Crippen LogP contribution < -0.4 is 11.5 Å². The molecule has 108 valence electrons. The van der Waals surface area contributed by atoms with Gasteiger partial charge < -0.3 is 11.5 Å². The Hall–Kier alpha value is -2.38. The Morgan fingerprint density at radius 3 is 0.900 bits per heavy atom. The minimum atomic E-state index is -1.07. The maximum atomic E-state index is 12.2. The molecular formula is C12H8F6N2. The Bertz CT molecular complexity index is 528. The zero-order valence-corrected chi connectivity index (χ0v) is 9.73. The van der Waals surface area contributed by atoms with Crippen LogP contribution in [0.1, 0.15) is 0 Å². The molecule has 0 atom stereocenters. The van der Waals surface area contributed by atoms with E-state index in [2.05, 4.69) is 0 Å². The molecule has 0 radical (unpaired) electrons. The molecule has 0 bridgehead atoms. The van der Waals surface area contributed by atoms with Gasteiger partial charge in [-0.3, -0.25) is 0 Å². The van der Waals surface area contributed by atoms with Crippen molar-refractivity contribution in [2.45, 2.75) is 0 Å². The fourth-order valence-electron chi connectivity index (χ4n) is 1.11. The summed E-state index contributed by atoms with van der Waals surface area (Å²) in [6, 6.07) is 2.10. The van der Waals surface area contributed by atoms with Gasteiger partial charge in [-0.05, 0) is 0 Å². The Labute approximate surface area is 109 Å². The normalized spacial score (nSPS) is 9.90. The second-order valence-corrected chi connectivity index (χ2v) is 3.57. The van der Waals surface area contributed by atoms with Gasteiger partial charge in [0.05, 0.1) is 0 Å². The molecule has 0 aliphatic rings. The molecule has 2 aromatic rings. The minimum Gasteiger partial charge on any atom is -0.394 e. The molecule has 2 nitrogen and oxygen atoms in total. The van der Waals surface area contributed by atoms with Crippen molar-refractivity contribution in [1.29, 1.82) is 0 Å². The van der Waals surface area contributed by atoms with Crippen LogP contribution in [-0.4, -0.2) is 0 Å². The van der Waals surface area contributed by atoms with E-state index in [1.165, 1.54) is 0 Å². The SMILES string of the molecule is Nc1c(F)cc(F)cc1F.Nc1c(F)cc(F)cc1F. The molecule has 2 aromatic carbocycles. The number of benzene rings is 2. The van der Waals surface area contributed by atoms with Gasteiger partial charge in [-0.15, -0.1) is 0 Å². The topological polar surface area (TPSA) is 52.0 Å². The van der Waals surface area contributed by atoms with Crippen molar-refractivity contribution in [3.8, 4) is 0 Å². The average molecular weight is 294 g/mol. The highest BCUT2D eigenvalue weighted by Gasteiger charge is 2.06. The van der Waals surface area contributed by atoms with Crippen LogP contribution in [-0.2, 0) is 0 Å². The molecule has 0 heterocycles. The van der Waals surface area contributed by atoms with Crippen LogP contribution in [0.2, 0.25) is 0 Å². The third-order valence-corrected chi connectivity index (χ3v) is 2.09. The third kappa shape index (κ3) is 3.81. The number of rotatable bonds is 0. The summed E-state index contributed by atoms with van der Waals surface area (Å²) in [5.41, 5.74) is 8.37. The summed E-state index contributed by atoms with van der Waals surface area (Å²) >= 11 is 0. The van der Waals surface area contributed by atoms with Crippen molar-refractivity contribution in [2.75, 3.05) is 11.5 Å². The first kappa shape index (κ1) is 15.7. The molecule has 2 rings (SSSR count). The molecule has 0 saturated carbocycles. The number of hydrogen-bond acceptors (Lipinski definition) is 2. The van der Waals surface area contributed by atoms with Gasteiger partial charge in [-0.1, -0.05) is 0 Å². The molecule has 0 aliphatic carbocycles. The standard InChI is InChI=1S/2C6H4F3N/c2*7-3-1-4(8)6(10)5(9)2-3/h2*1-2H,10H2. The number of nitrogen functional groups attached to an aromatic ring is 2. The minimum absolute atomic E-state index is 0.526. The molecule has 0 unspecified atom stereocenters. The highest BCUT2D eigenvalue weighted by Crippen LogP contribution is 2.16. The van der Waals surface area contributed by atoms with Crippen LogP contribution in [0.3, 0.4) is 0 Å². The summed E-state index contributed by atoms with van der Waals surface area (Å²) < 4.78 is 73.1. The van der Waals surface area contributed by atoms with Gasteiger partial charge in [-0.25, -0.2) is 26.3 Å². The Balaban J connectivity index is 0.000000200. The van der Waals surface area contributed by atoms with Crippen LogP contribution in [0.5, 0.6) is 0 Å². The van der Waals surface area contributed by atoms with E-state index in [4.69, 9.17) is 11.5 Å². The first-order chi connectivity index (χ1) is 9.22. The van der Waals surface area contributed by atoms with E-state index in [0.717, 1.165) is 0 Å². The van der Waals surface area contributed by atoms with Gasteiger partial charge in [0.1, 0.15) is 23.0 Å². The van der Waals surface area contributed by atoms with Crippen molar-refractivity contribution in [3.63, 3.8) is 0 Å². The summed E-state index contributed by atoms with van der Waals surface area (Å²) in [6.07, 6.45) is 0. The molecular weight excluding hydrogens is 286 g/mol. The van der Waals surface area contributed by atoms with Crippen LogP contribution >= 0.6 is 0 Å². The smallest absolute Gasteiger partial charge is 0.152 e. The van der Waals surface area contributed by atoms with Crippen molar-refractivity contribution >= 4 is 11.4 Å². The second-order valence-electron chi connectivity index (χ2n) is 3.57. The highest BCUT2D eigenvalue weighted by atomic mass is 19.2. The lowest BCUT2D eigenvalue weighted by molar-refractivity contribution is 0.548. The van der Waals surface area contributed by atoms with E-state index < -0.39 is 46.3 Å². The molecule has 4 N–H and O–H groups in total. The van der Waals surface area contributed by atoms with Crippen LogP contribution in [0.15, 0.2) is 24.3 Å². The summed E-state index contributed by atoms with van der Waals surface area (Å²) in [5, 5.41) is 0. The number of anilines is 2. The lowest BCUT2D eigenvalue weighted by atomic mass is 10.3. The van der Waals surface area contributed by atoms with Gasteiger partial charge in [-0.2, -0.15) is 0 Å². The highest BCUT2D eigenvalue weighted by molar-refractivity contribution is 5.41. The van der Waals surface area contributed by atoms with Gasteiger partial charge in [0.25, 0.3) is 0 Å². The molecule has 0 amide bonds. The van der Waals surface area contributed by atoms with Crippen LogP contribution in [0.25, 0.3) is 0 Å². The van der Waals surface area contributed by atoms with Crippen LogP contribution in [0, 0.1) is 34.9 Å². The zero-order chi connectivity index (χ0) is 15.4. The maximum Gasteiger partial charge on any atom is 0.152 e. The Morgan fingerprint density at radius 1 is 0.500 bits per heavy atom. The summed E-state index contributed by atoms with van der Waals surface area (Å²) in [6.45, 7) is 0. The van der Waals surface area contributed by atoms with E-state index in [-0.39, 0.29) is 0 Å². The predicted octanol–water partition coefficient (Wildman–Crippen LogP) is 3.37. The van der Waals surface area contributed by atoms with E-state index in [0.29, 0.717) is 24.3 Å². The van der Waals surface area contributed by atoms with E-state index in [9.17, 15) is 26.3 Å². The molecule has 20 heavy (non-hydrogen) atoms. The number of hydrogen-bond donors (Lipinski definition) is 2. The monoisotopic (exact) mass is 294 g/mol. The first-order valence-electron chi connectivity index (χ1n) is 5.02. The molecule has 0 aromatic heterocycles. The lowest BCUT2D eigenvalue weighted by Gasteiger charge is -1.96. The molecule has 0 aliphatic heterocycles. The van der Waals surface area contributed by atoms with Gasteiger partial charge in [0.15, 0.2) is 23.3 Å². The van der Waals surface area contributed by atoms with Crippen molar-refractivity contribution in [2.24, 2.45) is 0 Å². The quantitative estimate of drug-likeness (QED) is 0.578. The molecule has 8 heteroatoms. The first-order valence-corrected chi connectivity index (χ1v) is 5.02. The lowest BCUT2D eigenvalue weighted by Crippen LogP contribution is -1.95. The van der Waals surface area contributed by atoms with E-state index >= 15 is 0 Å². The summed E-state index contributed by atoms with van der Waals surface area (Å²) in [4.78, 5) is 0. The largest absolute Gasteiger partial charge is 0.394 e. The average Bonchev–Trinajstić information content (AvgIpc) is 2.33. The number of halogens is 6. The van der Waals surface area contributed by atoms with Gasteiger partial charge in [0.2, 0.25) is 0 Å². The summed E-state index contributed by atoms with van der Waals surface area (Å²) in [5.74, 6) is -6.22. The van der Waals surface area contributed by atoms with Gasteiger partial charge >= 0.3 is 0 Å². The van der Waals surface area contributed by atoms with Crippen LogP contribution in [0.4, 0.5) is 37.7 Å². The Kier molecular flexibility index (Phi) is 4.84. The maximum absolute atomic E-state index is 12.2.